The summed E-state index contributed by atoms with van der Waals surface area (Å²) in [6, 6.07) is 7.65. The maximum absolute atomic E-state index is 11.2. The largest absolute Gasteiger partial charge is 0.492 e. The van der Waals surface area contributed by atoms with Gasteiger partial charge in [0.05, 0.1) is 12.5 Å². The first-order valence-corrected chi connectivity index (χ1v) is 5.69. The number of carboxylic acid groups (broad SMARTS) is 1. The molecule has 0 amide bonds. The summed E-state index contributed by atoms with van der Waals surface area (Å²) in [5, 5.41) is 17.8. The molecule has 18 heavy (non-hydrogen) atoms. The number of aryl methyl sites for hydroxylation is 2. The second-order valence-electron chi connectivity index (χ2n) is 4.76. The van der Waals surface area contributed by atoms with Crippen molar-refractivity contribution in [3.63, 3.8) is 0 Å². The van der Waals surface area contributed by atoms with Crippen molar-refractivity contribution in [3.8, 4) is 11.8 Å². The molecule has 0 saturated heterocycles. The molecule has 4 nitrogen and oxygen atoms in total. The topological polar surface area (TPSA) is 70.3 Å². The molecule has 0 fully saturated rings. The first-order valence-electron chi connectivity index (χ1n) is 5.69. The molecule has 4 heteroatoms. The highest BCUT2D eigenvalue weighted by molar-refractivity contribution is 5.74. The molecule has 1 N–H and O–H groups in total. The lowest BCUT2D eigenvalue weighted by atomic mass is 9.88. The maximum Gasteiger partial charge on any atom is 0.313 e. The van der Waals surface area contributed by atoms with Crippen LogP contribution in [0.15, 0.2) is 18.2 Å². The Morgan fingerprint density at radius 2 is 2.17 bits per heavy atom. The van der Waals surface area contributed by atoms with E-state index in [1.54, 1.807) is 0 Å². The van der Waals surface area contributed by atoms with Crippen LogP contribution >= 0.6 is 0 Å². The minimum absolute atomic E-state index is 0.0137. The van der Waals surface area contributed by atoms with E-state index in [-0.39, 0.29) is 13.0 Å². The lowest BCUT2D eigenvalue weighted by Crippen LogP contribution is -2.33. The van der Waals surface area contributed by atoms with E-state index in [1.165, 1.54) is 6.92 Å². The molecule has 0 spiro atoms. The zero-order valence-electron chi connectivity index (χ0n) is 10.9. The fourth-order valence-corrected chi connectivity index (χ4v) is 1.46. The van der Waals surface area contributed by atoms with E-state index >= 15 is 0 Å². The van der Waals surface area contributed by atoms with Crippen LogP contribution in [-0.4, -0.2) is 17.7 Å². The lowest BCUT2D eigenvalue weighted by Gasteiger charge is -2.22. The molecule has 1 aromatic carbocycles. The van der Waals surface area contributed by atoms with Gasteiger partial charge in [-0.2, -0.15) is 5.26 Å². The fraction of sp³-hybridized carbons (Fsp3) is 0.429. The van der Waals surface area contributed by atoms with E-state index < -0.39 is 11.4 Å². The standard InChI is InChI=1S/C14H17NO3/c1-10-4-5-11(2)12(8-10)18-9-14(3,6-7-15)13(16)17/h4-5,8H,6,9H2,1-3H3,(H,16,17). The minimum atomic E-state index is -1.18. The van der Waals surface area contributed by atoms with Crippen LogP contribution in [0.1, 0.15) is 24.5 Å². The van der Waals surface area contributed by atoms with Gasteiger partial charge in [-0.3, -0.25) is 4.79 Å². The monoisotopic (exact) mass is 247 g/mol. The number of benzene rings is 1. The fourth-order valence-electron chi connectivity index (χ4n) is 1.46. The first kappa shape index (κ1) is 14.0. The van der Waals surface area contributed by atoms with Gasteiger partial charge in [-0.1, -0.05) is 12.1 Å². The second-order valence-corrected chi connectivity index (χ2v) is 4.76. The lowest BCUT2D eigenvalue weighted by molar-refractivity contribution is -0.149. The molecular weight excluding hydrogens is 230 g/mol. The van der Waals surface area contributed by atoms with Gasteiger partial charge < -0.3 is 9.84 Å². The molecule has 96 valence electrons. The van der Waals surface area contributed by atoms with Crippen molar-refractivity contribution in [1.82, 2.24) is 0 Å². The predicted octanol–water partition coefficient (Wildman–Crippen LogP) is 2.69. The summed E-state index contributed by atoms with van der Waals surface area (Å²) < 4.78 is 5.56. The number of ether oxygens (including phenoxy) is 1. The number of aliphatic carboxylic acids is 1. The summed E-state index contributed by atoms with van der Waals surface area (Å²) >= 11 is 0. The predicted molar refractivity (Wildman–Crippen MR) is 67.4 cm³/mol. The normalized spacial score (nSPS) is 13.4. The van der Waals surface area contributed by atoms with Crippen LogP contribution in [-0.2, 0) is 4.79 Å². The molecule has 0 aromatic heterocycles. The summed E-state index contributed by atoms with van der Waals surface area (Å²) in [5.74, 6) is -0.352. The molecule has 0 aliphatic carbocycles. The molecule has 0 heterocycles. The van der Waals surface area contributed by atoms with Crippen LogP contribution in [0.4, 0.5) is 0 Å². The van der Waals surface area contributed by atoms with Crippen molar-refractivity contribution in [2.45, 2.75) is 27.2 Å². The van der Waals surface area contributed by atoms with Crippen molar-refractivity contribution in [1.29, 1.82) is 5.26 Å². The molecule has 0 radical (unpaired) electrons. The molecule has 0 aliphatic heterocycles. The van der Waals surface area contributed by atoms with Gasteiger partial charge in [0.2, 0.25) is 0 Å². The van der Waals surface area contributed by atoms with Crippen molar-refractivity contribution < 1.29 is 14.6 Å². The first-order chi connectivity index (χ1) is 8.39. The van der Waals surface area contributed by atoms with E-state index in [2.05, 4.69) is 0 Å². The molecule has 1 aromatic rings. The Balaban J connectivity index is 2.83. The Kier molecular flexibility index (Phi) is 4.33. The Morgan fingerprint density at radius 3 is 2.72 bits per heavy atom. The number of nitriles is 1. The molecule has 1 atom stereocenters. The highest BCUT2D eigenvalue weighted by Gasteiger charge is 2.34. The average Bonchev–Trinajstić information content (AvgIpc) is 2.30. The van der Waals surface area contributed by atoms with E-state index in [0.717, 1.165) is 11.1 Å². The minimum Gasteiger partial charge on any atom is -0.492 e. The third-order valence-electron chi connectivity index (χ3n) is 2.88. The van der Waals surface area contributed by atoms with E-state index in [9.17, 15) is 4.79 Å². The van der Waals surface area contributed by atoms with Crippen LogP contribution in [0.2, 0.25) is 0 Å². The quantitative estimate of drug-likeness (QED) is 0.868. The third-order valence-corrected chi connectivity index (χ3v) is 2.88. The number of rotatable bonds is 5. The number of hydrogen-bond acceptors (Lipinski definition) is 3. The zero-order valence-corrected chi connectivity index (χ0v) is 10.9. The molecule has 1 unspecified atom stereocenters. The smallest absolute Gasteiger partial charge is 0.313 e. The van der Waals surface area contributed by atoms with Gasteiger partial charge in [0, 0.05) is 0 Å². The molecule has 1 rings (SSSR count). The summed E-state index contributed by atoms with van der Waals surface area (Å²) in [7, 11) is 0. The van der Waals surface area contributed by atoms with Gasteiger partial charge in [-0.05, 0) is 38.0 Å². The van der Waals surface area contributed by atoms with Crippen molar-refractivity contribution in [2.24, 2.45) is 5.41 Å². The van der Waals surface area contributed by atoms with Crippen LogP contribution in [0.25, 0.3) is 0 Å². The van der Waals surface area contributed by atoms with Crippen LogP contribution < -0.4 is 4.74 Å². The van der Waals surface area contributed by atoms with Crippen molar-refractivity contribution >= 4 is 5.97 Å². The van der Waals surface area contributed by atoms with E-state index in [4.69, 9.17) is 15.1 Å². The van der Waals surface area contributed by atoms with Crippen LogP contribution in [0, 0.1) is 30.6 Å². The summed E-state index contributed by atoms with van der Waals surface area (Å²) in [6.07, 6.45) is -0.0762. The van der Waals surface area contributed by atoms with Gasteiger partial charge in [-0.25, -0.2) is 0 Å². The van der Waals surface area contributed by atoms with Crippen molar-refractivity contribution in [3.05, 3.63) is 29.3 Å². The van der Waals surface area contributed by atoms with Crippen molar-refractivity contribution in [2.75, 3.05) is 6.61 Å². The summed E-state index contributed by atoms with van der Waals surface area (Å²) in [6.45, 7) is 5.35. The van der Waals surface area contributed by atoms with Gasteiger partial charge >= 0.3 is 5.97 Å². The SMILES string of the molecule is Cc1ccc(C)c(OCC(C)(CC#N)C(=O)O)c1. The number of carbonyl (C=O) groups is 1. The summed E-state index contributed by atoms with van der Waals surface area (Å²) in [4.78, 5) is 11.2. The Hall–Kier alpha value is -2.02. The zero-order chi connectivity index (χ0) is 13.8. The van der Waals surface area contributed by atoms with Gasteiger partial charge in [0.25, 0.3) is 0 Å². The Bertz CT molecular complexity index is 490. The van der Waals surface area contributed by atoms with E-state index in [1.807, 2.05) is 38.1 Å². The number of nitrogens with zero attached hydrogens (tertiary/aromatic N) is 1. The van der Waals surface area contributed by atoms with E-state index in [0.29, 0.717) is 5.75 Å². The highest BCUT2D eigenvalue weighted by atomic mass is 16.5. The van der Waals surface area contributed by atoms with Crippen LogP contribution in [0.5, 0.6) is 5.75 Å². The number of carboxylic acids is 1. The summed E-state index contributed by atoms with van der Waals surface area (Å²) in [5.41, 5.74) is 0.823. The Morgan fingerprint density at radius 1 is 1.50 bits per heavy atom. The van der Waals surface area contributed by atoms with Gasteiger partial charge in [-0.15, -0.1) is 0 Å². The van der Waals surface area contributed by atoms with Gasteiger partial charge in [0.1, 0.15) is 17.8 Å². The van der Waals surface area contributed by atoms with Crippen LogP contribution in [0.3, 0.4) is 0 Å². The van der Waals surface area contributed by atoms with Gasteiger partial charge in [0.15, 0.2) is 0 Å². The maximum atomic E-state index is 11.2. The Labute approximate surface area is 107 Å². The molecule has 0 bridgehead atoms. The molecule has 0 saturated carbocycles. The molecule has 0 aliphatic rings. The third kappa shape index (κ3) is 3.24. The highest BCUT2D eigenvalue weighted by Crippen LogP contribution is 2.25. The second kappa shape index (κ2) is 5.54. The average molecular weight is 247 g/mol. The molecular formula is C14H17NO3. The number of hydrogen-bond donors (Lipinski definition) is 1.